The Morgan fingerprint density at radius 1 is 1.00 bits per heavy atom. The highest BCUT2D eigenvalue weighted by Gasteiger charge is 2.18. The van der Waals surface area contributed by atoms with Crippen LogP contribution in [0, 0.1) is 6.92 Å². The monoisotopic (exact) mass is 442 g/mol. The summed E-state index contributed by atoms with van der Waals surface area (Å²) in [5.41, 5.74) is 1.08. The van der Waals surface area contributed by atoms with Gasteiger partial charge in [0.2, 0.25) is 0 Å². The molecule has 0 amide bonds. The summed E-state index contributed by atoms with van der Waals surface area (Å²) in [6.07, 6.45) is 1.75. The summed E-state index contributed by atoms with van der Waals surface area (Å²) in [5.74, 6) is -2.19. The van der Waals surface area contributed by atoms with E-state index in [-0.39, 0.29) is 11.1 Å². The molecule has 0 saturated heterocycles. The predicted octanol–water partition coefficient (Wildman–Crippen LogP) is 3.42. The van der Waals surface area contributed by atoms with Crippen LogP contribution in [0.15, 0.2) is 47.4 Å². The van der Waals surface area contributed by atoms with Gasteiger partial charge in [0.25, 0.3) is 0 Å². The van der Waals surface area contributed by atoms with E-state index in [1.54, 1.807) is 36.4 Å². The second kappa shape index (κ2) is 9.49. The molecule has 0 saturated carbocycles. The lowest BCUT2D eigenvalue weighted by atomic mass is 9.95. The number of halogens is 1. The zero-order valence-electron chi connectivity index (χ0n) is 14.3. The number of hydrogen-bond acceptors (Lipinski definition) is 4. The number of carboxylic acids is 2. The normalized spacial score (nSPS) is 10.6. The van der Waals surface area contributed by atoms with E-state index in [1.165, 1.54) is 19.2 Å². The zero-order chi connectivity index (χ0) is 19.9. The Morgan fingerprint density at radius 2 is 1.58 bits per heavy atom. The molecule has 0 aliphatic heterocycles. The summed E-state index contributed by atoms with van der Waals surface area (Å²) in [6, 6.07) is 11.4. The second-order valence-electron chi connectivity index (χ2n) is 5.41. The number of aryl methyl sites for hydroxylation is 1. The van der Waals surface area contributed by atoms with Crippen molar-refractivity contribution in [1.29, 1.82) is 0 Å². The molecule has 0 bridgehead atoms. The van der Waals surface area contributed by atoms with Gasteiger partial charge in [-0.3, -0.25) is 0 Å². The Morgan fingerprint density at radius 3 is 1.96 bits per heavy atom. The Kier molecular flexibility index (Phi) is 7.98. The number of alkyl halides is 1. The predicted molar refractivity (Wildman–Crippen MR) is 102 cm³/mol. The molecule has 0 radical (unpaired) electrons. The molecule has 6 nitrogen and oxygen atoms in total. The Bertz CT molecular complexity index is 891. The van der Waals surface area contributed by atoms with E-state index >= 15 is 0 Å². The SMILES string of the molecule is CS(=O)(=O)c1ccccc1.Cc1c(C(=O)O)ccc(CCBr)c1C(=O)O. The summed E-state index contributed by atoms with van der Waals surface area (Å²) in [5, 5.41) is 18.6. The molecule has 0 spiro atoms. The topological polar surface area (TPSA) is 109 Å². The molecular weight excluding hydrogens is 424 g/mol. The van der Waals surface area contributed by atoms with Gasteiger partial charge in [-0.1, -0.05) is 40.2 Å². The zero-order valence-corrected chi connectivity index (χ0v) is 16.7. The highest BCUT2D eigenvalue weighted by Crippen LogP contribution is 2.20. The fourth-order valence-corrected chi connectivity index (χ4v) is 3.35. The molecule has 0 atom stereocenters. The molecular formula is C18H19BrO6S. The van der Waals surface area contributed by atoms with E-state index in [1.807, 2.05) is 0 Å². The summed E-state index contributed by atoms with van der Waals surface area (Å²) in [4.78, 5) is 22.3. The number of carbonyl (C=O) groups is 2. The third-order valence-corrected chi connectivity index (χ3v) is 5.06. The van der Waals surface area contributed by atoms with Crippen molar-refractivity contribution in [2.75, 3.05) is 11.6 Å². The third-order valence-electron chi connectivity index (χ3n) is 3.53. The van der Waals surface area contributed by atoms with Gasteiger partial charge in [0.1, 0.15) is 0 Å². The summed E-state index contributed by atoms with van der Waals surface area (Å²) in [6.45, 7) is 1.52. The number of aromatic carboxylic acids is 2. The van der Waals surface area contributed by atoms with E-state index in [2.05, 4.69) is 15.9 Å². The average molecular weight is 443 g/mol. The first-order chi connectivity index (χ1) is 12.1. The van der Waals surface area contributed by atoms with Crippen LogP contribution in [0.1, 0.15) is 31.8 Å². The van der Waals surface area contributed by atoms with Crippen LogP contribution in [0.3, 0.4) is 0 Å². The van der Waals surface area contributed by atoms with Crippen molar-refractivity contribution in [2.45, 2.75) is 18.2 Å². The molecule has 0 fully saturated rings. The molecule has 2 N–H and O–H groups in total. The van der Waals surface area contributed by atoms with E-state index in [0.717, 1.165) is 0 Å². The maximum Gasteiger partial charge on any atom is 0.336 e. The lowest BCUT2D eigenvalue weighted by Gasteiger charge is -2.10. The summed E-state index contributed by atoms with van der Waals surface area (Å²) >= 11 is 3.23. The molecule has 2 aromatic carbocycles. The highest BCUT2D eigenvalue weighted by atomic mass is 79.9. The van der Waals surface area contributed by atoms with Crippen molar-refractivity contribution in [3.8, 4) is 0 Å². The Hall–Kier alpha value is -2.19. The fraction of sp³-hybridized carbons (Fsp3) is 0.222. The van der Waals surface area contributed by atoms with Gasteiger partial charge in [-0.15, -0.1) is 0 Å². The molecule has 8 heteroatoms. The van der Waals surface area contributed by atoms with Crippen LogP contribution >= 0.6 is 15.9 Å². The molecule has 0 aromatic heterocycles. The van der Waals surface area contributed by atoms with Gasteiger partial charge in [0.05, 0.1) is 16.0 Å². The highest BCUT2D eigenvalue weighted by molar-refractivity contribution is 9.09. The van der Waals surface area contributed by atoms with E-state index < -0.39 is 21.8 Å². The molecule has 0 unspecified atom stereocenters. The van der Waals surface area contributed by atoms with Gasteiger partial charge in [-0.2, -0.15) is 0 Å². The fourth-order valence-electron chi connectivity index (χ4n) is 2.28. The smallest absolute Gasteiger partial charge is 0.336 e. The Balaban J connectivity index is 0.000000289. The first kappa shape index (κ1) is 21.9. The minimum Gasteiger partial charge on any atom is -0.478 e. The molecule has 26 heavy (non-hydrogen) atoms. The van der Waals surface area contributed by atoms with Gasteiger partial charge in [-0.05, 0) is 42.7 Å². The summed E-state index contributed by atoms with van der Waals surface area (Å²) in [7, 11) is -3.00. The van der Waals surface area contributed by atoms with Crippen molar-refractivity contribution < 1.29 is 28.2 Å². The molecule has 2 rings (SSSR count). The van der Waals surface area contributed by atoms with Crippen molar-refractivity contribution in [2.24, 2.45) is 0 Å². The average Bonchev–Trinajstić information content (AvgIpc) is 2.55. The van der Waals surface area contributed by atoms with Crippen LogP contribution in [0.5, 0.6) is 0 Å². The number of carboxylic acid groups (broad SMARTS) is 2. The number of sulfone groups is 1. The number of benzene rings is 2. The van der Waals surface area contributed by atoms with Crippen LogP contribution in [0.2, 0.25) is 0 Å². The van der Waals surface area contributed by atoms with Crippen LogP contribution < -0.4 is 0 Å². The number of rotatable bonds is 5. The van der Waals surface area contributed by atoms with Gasteiger partial charge >= 0.3 is 11.9 Å². The lowest BCUT2D eigenvalue weighted by molar-refractivity contribution is 0.0695. The van der Waals surface area contributed by atoms with Crippen molar-refractivity contribution in [3.05, 3.63) is 64.7 Å². The maximum absolute atomic E-state index is 11.1. The third kappa shape index (κ3) is 5.96. The lowest BCUT2D eigenvalue weighted by Crippen LogP contribution is -2.11. The molecule has 0 aliphatic rings. The maximum atomic E-state index is 11.1. The van der Waals surface area contributed by atoms with Gasteiger partial charge < -0.3 is 10.2 Å². The largest absolute Gasteiger partial charge is 0.478 e. The van der Waals surface area contributed by atoms with Crippen LogP contribution in [0.25, 0.3) is 0 Å². The minimum absolute atomic E-state index is 0.0377. The van der Waals surface area contributed by atoms with Crippen molar-refractivity contribution >= 4 is 37.7 Å². The molecule has 0 aliphatic carbocycles. The summed E-state index contributed by atoms with van der Waals surface area (Å²) < 4.78 is 21.7. The van der Waals surface area contributed by atoms with Crippen LogP contribution in [0.4, 0.5) is 0 Å². The molecule has 140 valence electrons. The molecule has 0 heterocycles. The van der Waals surface area contributed by atoms with E-state index in [0.29, 0.717) is 27.8 Å². The van der Waals surface area contributed by atoms with Gasteiger partial charge in [-0.25, -0.2) is 18.0 Å². The second-order valence-corrected chi connectivity index (χ2v) is 8.22. The Labute approximate surface area is 160 Å². The van der Waals surface area contributed by atoms with Crippen molar-refractivity contribution in [1.82, 2.24) is 0 Å². The first-order valence-electron chi connectivity index (χ1n) is 7.49. The van der Waals surface area contributed by atoms with Crippen molar-refractivity contribution in [3.63, 3.8) is 0 Å². The van der Waals surface area contributed by atoms with Crippen LogP contribution in [-0.4, -0.2) is 42.2 Å². The van der Waals surface area contributed by atoms with E-state index in [4.69, 9.17) is 10.2 Å². The minimum atomic E-state index is -3.00. The van der Waals surface area contributed by atoms with Crippen LogP contribution in [-0.2, 0) is 16.3 Å². The van der Waals surface area contributed by atoms with Gasteiger partial charge in [0.15, 0.2) is 9.84 Å². The van der Waals surface area contributed by atoms with E-state index in [9.17, 15) is 18.0 Å². The van der Waals surface area contributed by atoms with Gasteiger partial charge in [0, 0.05) is 11.6 Å². The standard InChI is InChI=1S/C11H11BrO4.C7H8O2S/c1-6-8(10(13)14)3-2-7(4-5-12)9(6)11(15)16;1-10(8,9)7-5-3-2-4-6-7/h2-3H,4-5H2,1H3,(H,13,14)(H,15,16);2-6H,1H3. The number of hydrogen-bond donors (Lipinski definition) is 2. The molecule has 2 aromatic rings. The quantitative estimate of drug-likeness (QED) is 0.686. The first-order valence-corrected chi connectivity index (χ1v) is 10.5.